The van der Waals surface area contributed by atoms with E-state index in [1.54, 1.807) is 10.5 Å². The zero-order chi connectivity index (χ0) is 12.5. The van der Waals surface area contributed by atoms with Crippen LogP contribution in [0.15, 0.2) is 22.8 Å². The number of halogens is 1. The number of sulfonamides is 1. The van der Waals surface area contributed by atoms with E-state index < -0.39 is 10.0 Å². The van der Waals surface area contributed by atoms with Crippen molar-refractivity contribution >= 4 is 26.0 Å². The van der Waals surface area contributed by atoms with Crippen LogP contribution in [-0.2, 0) is 10.0 Å². The molecule has 94 valence electrons. The number of nitrogens with zero attached hydrogens (tertiary/aromatic N) is 2. The molecule has 4 nitrogen and oxygen atoms in total. The van der Waals surface area contributed by atoms with E-state index in [2.05, 4.69) is 20.9 Å². The molecule has 0 aliphatic carbocycles. The maximum atomic E-state index is 11.4. The minimum atomic E-state index is -3.03. The van der Waals surface area contributed by atoms with Crippen molar-refractivity contribution in [2.24, 2.45) is 0 Å². The van der Waals surface area contributed by atoms with Crippen LogP contribution in [0.3, 0.4) is 0 Å². The van der Waals surface area contributed by atoms with Crippen LogP contribution in [0.5, 0.6) is 0 Å². The third-order valence-electron chi connectivity index (χ3n) is 3.09. The first-order valence-electron chi connectivity index (χ1n) is 5.53. The van der Waals surface area contributed by atoms with Gasteiger partial charge in [0, 0.05) is 35.4 Å². The Bertz CT molecular complexity index is 479. The van der Waals surface area contributed by atoms with Crippen LogP contribution < -0.4 is 0 Å². The summed E-state index contributed by atoms with van der Waals surface area (Å²) >= 11 is 3.36. The van der Waals surface area contributed by atoms with Gasteiger partial charge in [0.1, 0.15) is 0 Å². The summed E-state index contributed by atoms with van der Waals surface area (Å²) in [4.78, 5) is 4.37. The summed E-state index contributed by atoms with van der Waals surface area (Å²) < 4.78 is 25.3. The minimum Gasteiger partial charge on any atom is -0.260 e. The Morgan fingerprint density at radius 1 is 1.35 bits per heavy atom. The van der Waals surface area contributed by atoms with Gasteiger partial charge in [-0.1, -0.05) is 0 Å². The van der Waals surface area contributed by atoms with E-state index in [1.807, 2.05) is 12.1 Å². The van der Waals surface area contributed by atoms with E-state index in [0.717, 1.165) is 23.0 Å². The van der Waals surface area contributed by atoms with Crippen molar-refractivity contribution in [1.29, 1.82) is 0 Å². The topological polar surface area (TPSA) is 50.3 Å². The first-order chi connectivity index (χ1) is 7.97. The highest BCUT2D eigenvalue weighted by molar-refractivity contribution is 9.10. The molecule has 0 unspecified atom stereocenters. The average Bonchev–Trinajstić information content (AvgIpc) is 2.29. The van der Waals surface area contributed by atoms with Gasteiger partial charge in [0.25, 0.3) is 0 Å². The van der Waals surface area contributed by atoms with Crippen LogP contribution in [-0.4, -0.2) is 37.1 Å². The molecule has 1 aliphatic heterocycles. The van der Waals surface area contributed by atoms with Gasteiger partial charge in [-0.15, -0.1) is 0 Å². The van der Waals surface area contributed by atoms with Crippen molar-refractivity contribution < 1.29 is 8.42 Å². The van der Waals surface area contributed by atoms with Crippen LogP contribution in [0.4, 0.5) is 0 Å². The molecule has 0 amide bonds. The summed E-state index contributed by atoms with van der Waals surface area (Å²) in [6.45, 7) is 1.20. The lowest BCUT2D eigenvalue weighted by Gasteiger charge is -2.29. The second kappa shape index (κ2) is 5.04. The van der Waals surface area contributed by atoms with E-state index in [4.69, 9.17) is 0 Å². The molecule has 1 saturated heterocycles. The molecule has 0 atom stereocenters. The first kappa shape index (κ1) is 13.0. The predicted molar refractivity (Wildman–Crippen MR) is 70.3 cm³/mol. The van der Waals surface area contributed by atoms with Crippen molar-refractivity contribution in [3.8, 4) is 0 Å². The molecule has 0 aromatic carbocycles. The summed E-state index contributed by atoms with van der Waals surface area (Å²) in [5.74, 6) is 0.376. The summed E-state index contributed by atoms with van der Waals surface area (Å²) in [5, 5.41) is 0. The lowest BCUT2D eigenvalue weighted by Crippen LogP contribution is -2.37. The Balaban J connectivity index is 2.02. The zero-order valence-electron chi connectivity index (χ0n) is 9.63. The van der Waals surface area contributed by atoms with Crippen LogP contribution >= 0.6 is 15.9 Å². The molecule has 0 saturated carbocycles. The summed E-state index contributed by atoms with van der Waals surface area (Å²) in [6, 6.07) is 3.98. The molecule has 1 aromatic rings. The predicted octanol–water partition coefficient (Wildman–Crippen LogP) is 1.98. The van der Waals surface area contributed by atoms with Crippen molar-refractivity contribution in [1.82, 2.24) is 9.29 Å². The summed E-state index contributed by atoms with van der Waals surface area (Å²) in [7, 11) is -3.03. The van der Waals surface area contributed by atoms with E-state index in [1.165, 1.54) is 6.26 Å². The quantitative estimate of drug-likeness (QED) is 0.837. The van der Waals surface area contributed by atoms with Gasteiger partial charge in [0.15, 0.2) is 0 Å². The smallest absolute Gasteiger partial charge is 0.211 e. The normalized spacial score (nSPS) is 19.4. The van der Waals surface area contributed by atoms with Crippen molar-refractivity contribution in [2.45, 2.75) is 18.8 Å². The molecule has 2 heterocycles. The standard InChI is InChI=1S/C11H15BrN2O2S/c1-17(15,16)14-6-4-9(5-7-14)11-3-2-10(12)8-13-11/h2-3,8-9H,4-7H2,1H3. The molecule has 1 fully saturated rings. The van der Waals surface area contributed by atoms with Gasteiger partial charge >= 0.3 is 0 Å². The van der Waals surface area contributed by atoms with Crippen LogP contribution in [0.2, 0.25) is 0 Å². The zero-order valence-corrected chi connectivity index (χ0v) is 12.0. The largest absolute Gasteiger partial charge is 0.260 e. The Kier molecular flexibility index (Phi) is 3.85. The molecular formula is C11H15BrN2O2S. The number of aromatic nitrogens is 1. The minimum absolute atomic E-state index is 0.376. The van der Waals surface area contributed by atoms with Crippen molar-refractivity contribution in [3.05, 3.63) is 28.5 Å². The van der Waals surface area contributed by atoms with Gasteiger partial charge in [-0.2, -0.15) is 0 Å². The molecule has 0 bridgehead atoms. The highest BCUT2D eigenvalue weighted by atomic mass is 79.9. The maximum absolute atomic E-state index is 11.4. The third-order valence-corrected chi connectivity index (χ3v) is 4.86. The van der Waals surface area contributed by atoms with Crippen LogP contribution in [0.25, 0.3) is 0 Å². The SMILES string of the molecule is CS(=O)(=O)N1CCC(c2ccc(Br)cn2)CC1. The first-order valence-corrected chi connectivity index (χ1v) is 8.17. The fraction of sp³-hybridized carbons (Fsp3) is 0.545. The van der Waals surface area contributed by atoms with Gasteiger partial charge in [-0.3, -0.25) is 4.98 Å². The Morgan fingerprint density at radius 3 is 2.47 bits per heavy atom. The fourth-order valence-electron chi connectivity index (χ4n) is 2.11. The molecule has 17 heavy (non-hydrogen) atoms. The van der Waals surface area contributed by atoms with Gasteiger partial charge in [-0.05, 0) is 40.9 Å². The molecule has 1 aliphatic rings. The Morgan fingerprint density at radius 2 is 2.00 bits per heavy atom. The summed E-state index contributed by atoms with van der Waals surface area (Å²) in [5.41, 5.74) is 1.06. The third kappa shape index (κ3) is 3.26. The van der Waals surface area contributed by atoms with Crippen LogP contribution in [0.1, 0.15) is 24.5 Å². The second-order valence-corrected chi connectivity index (χ2v) is 7.24. The van der Waals surface area contributed by atoms with E-state index in [-0.39, 0.29) is 0 Å². The molecule has 0 N–H and O–H groups in total. The number of pyridine rings is 1. The molecule has 2 rings (SSSR count). The number of rotatable bonds is 2. The number of hydrogen-bond donors (Lipinski definition) is 0. The second-order valence-electron chi connectivity index (χ2n) is 4.34. The number of piperidine rings is 1. The van der Waals surface area contributed by atoms with E-state index in [9.17, 15) is 8.42 Å². The molecule has 0 spiro atoms. The van der Waals surface area contributed by atoms with E-state index in [0.29, 0.717) is 19.0 Å². The highest BCUT2D eigenvalue weighted by Gasteiger charge is 2.26. The Labute approximate surface area is 110 Å². The van der Waals surface area contributed by atoms with Gasteiger partial charge in [-0.25, -0.2) is 12.7 Å². The molecule has 1 aromatic heterocycles. The summed E-state index contributed by atoms with van der Waals surface area (Å²) in [6.07, 6.45) is 4.76. The van der Waals surface area contributed by atoms with E-state index >= 15 is 0 Å². The monoisotopic (exact) mass is 318 g/mol. The fourth-order valence-corrected chi connectivity index (χ4v) is 3.22. The molecule has 6 heteroatoms. The number of hydrogen-bond acceptors (Lipinski definition) is 3. The van der Waals surface area contributed by atoms with Gasteiger partial charge < -0.3 is 0 Å². The van der Waals surface area contributed by atoms with Gasteiger partial charge in [0.05, 0.1) is 6.26 Å². The lowest BCUT2D eigenvalue weighted by molar-refractivity contribution is 0.318. The van der Waals surface area contributed by atoms with Crippen molar-refractivity contribution in [2.75, 3.05) is 19.3 Å². The maximum Gasteiger partial charge on any atom is 0.211 e. The average molecular weight is 319 g/mol. The van der Waals surface area contributed by atoms with Crippen LogP contribution in [0, 0.1) is 0 Å². The van der Waals surface area contributed by atoms with Gasteiger partial charge in [0.2, 0.25) is 10.0 Å². The van der Waals surface area contributed by atoms with Crippen molar-refractivity contribution in [3.63, 3.8) is 0 Å². The Hall–Kier alpha value is -0.460. The molecule has 0 radical (unpaired) electrons. The molecular weight excluding hydrogens is 304 g/mol. The highest BCUT2D eigenvalue weighted by Crippen LogP contribution is 2.28. The lowest BCUT2D eigenvalue weighted by atomic mass is 9.94.